The van der Waals surface area contributed by atoms with Crippen molar-refractivity contribution in [3.63, 3.8) is 0 Å². The first-order chi connectivity index (χ1) is 9.54. The number of likely N-dealkylation sites (tertiary alicyclic amines) is 1. The lowest BCUT2D eigenvalue weighted by molar-refractivity contribution is -0.139. The van der Waals surface area contributed by atoms with Gasteiger partial charge in [-0.3, -0.25) is 4.79 Å². The van der Waals surface area contributed by atoms with Crippen LogP contribution in [0.3, 0.4) is 0 Å². The Morgan fingerprint density at radius 3 is 2.35 bits per heavy atom. The van der Waals surface area contributed by atoms with Crippen LogP contribution >= 0.6 is 0 Å². The zero-order valence-electron chi connectivity index (χ0n) is 13.4. The molecule has 0 spiro atoms. The Morgan fingerprint density at radius 1 is 1.20 bits per heavy atom. The first-order valence-corrected chi connectivity index (χ1v) is 8.19. The highest BCUT2D eigenvalue weighted by Gasteiger charge is 2.43. The van der Waals surface area contributed by atoms with Crippen LogP contribution in [-0.4, -0.2) is 49.2 Å². The van der Waals surface area contributed by atoms with E-state index in [1.165, 1.54) is 0 Å². The molecule has 0 aliphatic carbocycles. The first kappa shape index (κ1) is 15.8. The smallest absolute Gasteiger partial charge is 0.228 e. The van der Waals surface area contributed by atoms with E-state index in [2.05, 4.69) is 31.0 Å². The van der Waals surface area contributed by atoms with Gasteiger partial charge in [-0.15, -0.1) is 0 Å². The fourth-order valence-electron chi connectivity index (χ4n) is 3.61. The highest BCUT2D eigenvalue weighted by molar-refractivity contribution is 5.80. The molecule has 1 amide bonds. The number of carbonyl (C=O) groups is 1. The monoisotopic (exact) mass is 282 g/mol. The van der Waals surface area contributed by atoms with Crippen LogP contribution < -0.4 is 5.32 Å². The Kier molecular flexibility index (Phi) is 5.44. The number of ether oxygens (including phenoxy) is 1. The van der Waals surface area contributed by atoms with Crippen LogP contribution in [0.1, 0.15) is 40.5 Å². The van der Waals surface area contributed by atoms with E-state index in [-0.39, 0.29) is 18.1 Å². The predicted octanol–water partition coefficient (Wildman–Crippen LogP) is 1.89. The van der Waals surface area contributed by atoms with Crippen molar-refractivity contribution in [2.45, 2.75) is 52.7 Å². The maximum Gasteiger partial charge on any atom is 0.228 e. The molecule has 0 aromatic rings. The molecule has 4 heteroatoms. The molecule has 0 saturated carbocycles. The highest BCUT2D eigenvalue weighted by Crippen LogP contribution is 2.34. The van der Waals surface area contributed by atoms with Gasteiger partial charge in [0, 0.05) is 13.1 Å². The molecule has 0 radical (unpaired) electrons. The number of hydrogen-bond acceptors (Lipinski definition) is 3. The van der Waals surface area contributed by atoms with Crippen molar-refractivity contribution in [1.29, 1.82) is 0 Å². The SMILES string of the molecule is CCNCC1CCN(C(=O)C2C(C)OC(C)C2C)CC1. The molecule has 2 aliphatic rings. The van der Waals surface area contributed by atoms with Gasteiger partial charge in [0.2, 0.25) is 5.91 Å². The molecule has 2 fully saturated rings. The summed E-state index contributed by atoms with van der Waals surface area (Å²) in [7, 11) is 0. The largest absolute Gasteiger partial charge is 0.374 e. The predicted molar refractivity (Wildman–Crippen MR) is 80.5 cm³/mol. The summed E-state index contributed by atoms with van der Waals surface area (Å²) in [5, 5.41) is 3.41. The molecule has 1 N–H and O–H groups in total. The molecule has 0 aromatic carbocycles. The van der Waals surface area contributed by atoms with E-state index >= 15 is 0 Å². The minimum atomic E-state index is 0.0512. The number of carbonyl (C=O) groups excluding carboxylic acids is 1. The van der Waals surface area contributed by atoms with Gasteiger partial charge < -0.3 is 15.0 Å². The van der Waals surface area contributed by atoms with Crippen molar-refractivity contribution in [1.82, 2.24) is 10.2 Å². The van der Waals surface area contributed by atoms with E-state index in [1.807, 2.05) is 6.92 Å². The second-order valence-corrected chi connectivity index (χ2v) is 6.51. The fraction of sp³-hybridized carbons (Fsp3) is 0.938. The van der Waals surface area contributed by atoms with Gasteiger partial charge in [-0.2, -0.15) is 0 Å². The normalized spacial score (nSPS) is 35.5. The van der Waals surface area contributed by atoms with E-state index in [1.54, 1.807) is 0 Å². The van der Waals surface area contributed by atoms with Crippen molar-refractivity contribution in [3.05, 3.63) is 0 Å². The third-order valence-corrected chi connectivity index (χ3v) is 5.14. The minimum absolute atomic E-state index is 0.0512. The third-order valence-electron chi connectivity index (χ3n) is 5.14. The number of amides is 1. The lowest BCUT2D eigenvalue weighted by atomic mass is 9.87. The molecule has 4 unspecified atom stereocenters. The van der Waals surface area contributed by atoms with Gasteiger partial charge in [0.05, 0.1) is 18.1 Å². The number of nitrogens with zero attached hydrogens (tertiary/aromatic N) is 1. The molecule has 2 heterocycles. The number of hydrogen-bond donors (Lipinski definition) is 1. The third kappa shape index (κ3) is 3.34. The Balaban J connectivity index is 1.85. The second kappa shape index (κ2) is 6.90. The van der Waals surface area contributed by atoms with Crippen LogP contribution in [-0.2, 0) is 9.53 Å². The van der Waals surface area contributed by atoms with Crippen LogP contribution in [0.15, 0.2) is 0 Å². The minimum Gasteiger partial charge on any atom is -0.374 e. The topological polar surface area (TPSA) is 41.6 Å². The van der Waals surface area contributed by atoms with Gasteiger partial charge in [-0.05, 0) is 51.6 Å². The molecule has 4 nitrogen and oxygen atoms in total. The number of nitrogens with one attached hydrogen (secondary N) is 1. The van der Waals surface area contributed by atoms with Gasteiger partial charge in [0.15, 0.2) is 0 Å². The van der Waals surface area contributed by atoms with Crippen LogP contribution in [0.4, 0.5) is 0 Å². The summed E-state index contributed by atoms with van der Waals surface area (Å²) < 4.78 is 5.81. The molecule has 2 aliphatic heterocycles. The lowest BCUT2D eigenvalue weighted by Crippen LogP contribution is -2.46. The maximum atomic E-state index is 12.7. The molecular weight excluding hydrogens is 252 g/mol. The summed E-state index contributed by atoms with van der Waals surface area (Å²) >= 11 is 0. The molecule has 0 bridgehead atoms. The summed E-state index contributed by atoms with van der Waals surface area (Å²) in [5.74, 6) is 1.43. The van der Waals surface area contributed by atoms with Crippen LogP contribution in [0.25, 0.3) is 0 Å². The van der Waals surface area contributed by atoms with Gasteiger partial charge in [0.25, 0.3) is 0 Å². The fourth-order valence-corrected chi connectivity index (χ4v) is 3.61. The van der Waals surface area contributed by atoms with Crippen LogP contribution in [0.5, 0.6) is 0 Å². The zero-order valence-corrected chi connectivity index (χ0v) is 13.4. The average molecular weight is 282 g/mol. The summed E-state index contributed by atoms with van der Waals surface area (Å²) in [6.45, 7) is 12.4. The Labute approximate surface area is 123 Å². The van der Waals surface area contributed by atoms with Crippen molar-refractivity contribution >= 4 is 5.91 Å². The van der Waals surface area contributed by atoms with Crippen molar-refractivity contribution in [2.24, 2.45) is 17.8 Å². The van der Waals surface area contributed by atoms with Crippen molar-refractivity contribution in [3.8, 4) is 0 Å². The molecule has 116 valence electrons. The first-order valence-electron chi connectivity index (χ1n) is 8.19. The standard InChI is InChI=1S/C16H30N2O2/c1-5-17-10-14-6-8-18(9-7-14)16(19)15-11(2)12(3)20-13(15)4/h11-15,17H,5-10H2,1-4H3. The van der Waals surface area contributed by atoms with Gasteiger partial charge in [-0.25, -0.2) is 0 Å². The Hall–Kier alpha value is -0.610. The van der Waals surface area contributed by atoms with E-state index < -0.39 is 0 Å². The molecule has 2 saturated heterocycles. The number of piperidine rings is 1. The maximum absolute atomic E-state index is 12.7. The second-order valence-electron chi connectivity index (χ2n) is 6.51. The quantitative estimate of drug-likeness (QED) is 0.856. The Morgan fingerprint density at radius 2 is 1.85 bits per heavy atom. The van der Waals surface area contributed by atoms with E-state index in [0.29, 0.717) is 11.8 Å². The van der Waals surface area contributed by atoms with Crippen LogP contribution in [0, 0.1) is 17.8 Å². The van der Waals surface area contributed by atoms with E-state index in [0.717, 1.165) is 44.9 Å². The van der Waals surface area contributed by atoms with Gasteiger partial charge >= 0.3 is 0 Å². The van der Waals surface area contributed by atoms with Crippen molar-refractivity contribution in [2.75, 3.05) is 26.2 Å². The summed E-state index contributed by atoms with van der Waals surface area (Å²) in [6, 6.07) is 0. The van der Waals surface area contributed by atoms with E-state index in [9.17, 15) is 4.79 Å². The summed E-state index contributed by atoms with van der Waals surface area (Å²) in [5.41, 5.74) is 0. The van der Waals surface area contributed by atoms with E-state index in [4.69, 9.17) is 4.74 Å². The highest BCUT2D eigenvalue weighted by atomic mass is 16.5. The zero-order chi connectivity index (χ0) is 14.7. The average Bonchev–Trinajstić information content (AvgIpc) is 2.70. The molecule has 0 aromatic heterocycles. The molecular formula is C16H30N2O2. The Bertz CT molecular complexity index is 326. The van der Waals surface area contributed by atoms with Gasteiger partial charge in [0.1, 0.15) is 0 Å². The van der Waals surface area contributed by atoms with Gasteiger partial charge in [-0.1, -0.05) is 13.8 Å². The molecule has 2 rings (SSSR count). The summed E-state index contributed by atoms with van der Waals surface area (Å²) in [4.78, 5) is 14.8. The van der Waals surface area contributed by atoms with Crippen LogP contribution in [0.2, 0.25) is 0 Å². The molecule has 20 heavy (non-hydrogen) atoms. The van der Waals surface area contributed by atoms with Crippen molar-refractivity contribution < 1.29 is 9.53 Å². The molecule has 4 atom stereocenters. The lowest BCUT2D eigenvalue weighted by Gasteiger charge is -2.35. The number of rotatable bonds is 4. The summed E-state index contributed by atoms with van der Waals surface area (Å²) in [6.07, 6.45) is 2.52.